The monoisotopic (exact) mass is 344 g/mol. The molecule has 0 heterocycles. The highest BCUT2D eigenvalue weighted by atomic mass is 16.3. The predicted molar refractivity (Wildman–Crippen MR) is 96.8 cm³/mol. The van der Waals surface area contributed by atoms with Crippen molar-refractivity contribution in [3.8, 4) is 0 Å². The summed E-state index contributed by atoms with van der Waals surface area (Å²) in [7, 11) is 0. The number of hydrogen-bond acceptors (Lipinski definition) is 3. The van der Waals surface area contributed by atoms with Crippen molar-refractivity contribution in [1.82, 2.24) is 0 Å². The summed E-state index contributed by atoms with van der Waals surface area (Å²) in [5, 5.41) is 11.2. The van der Waals surface area contributed by atoms with E-state index < -0.39 is 6.10 Å². The summed E-state index contributed by atoms with van der Waals surface area (Å²) in [5.74, 6) is 2.45. The highest BCUT2D eigenvalue weighted by molar-refractivity contribution is 5.91. The molecule has 3 heteroatoms. The molecule has 0 bridgehead atoms. The molecule has 3 nitrogen and oxygen atoms in total. The van der Waals surface area contributed by atoms with Crippen LogP contribution >= 0.6 is 0 Å². The average molecular weight is 344 g/mol. The van der Waals surface area contributed by atoms with Crippen molar-refractivity contribution in [2.75, 3.05) is 0 Å². The summed E-state index contributed by atoms with van der Waals surface area (Å²) >= 11 is 0. The summed E-state index contributed by atoms with van der Waals surface area (Å²) in [6, 6.07) is 0. The summed E-state index contributed by atoms with van der Waals surface area (Å²) < 4.78 is 0. The smallest absolute Gasteiger partial charge is 0.155 e. The lowest BCUT2D eigenvalue weighted by Crippen LogP contribution is -2.57. The van der Waals surface area contributed by atoms with Gasteiger partial charge >= 0.3 is 0 Å². The molecule has 0 radical (unpaired) electrons. The van der Waals surface area contributed by atoms with Gasteiger partial charge in [0.05, 0.1) is 6.10 Å². The van der Waals surface area contributed by atoms with Gasteiger partial charge in [-0.15, -0.1) is 0 Å². The molecule has 4 rings (SSSR count). The minimum atomic E-state index is -0.411. The molecule has 8 unspecified atom stereocenters. The standard InChI is InChI=1S/C22H32O3/c1-12-9-17(13(2)23)22(4)19(25)11-18-16(20(12)22)6-5-14-10-15(24)7-8-21(14,18)3/h10,12,16-20,25H,5-9,11H2,1-4H3. The molecule has 0 saturated heterocycles. The average Bonchev–Trinajstić information content (AvgIpc) is 2.82. The number of ketones is 2. The Kier molecular flexibility index (Phi) is 3.85. The molecule has 3 fully saturated rings. The van der Waals surface area contributed by atoms with Crippen LogP contribution in [0.15, 0.2) is 11.6 Å². The van der Waals surface area contributed by atoms with Gasteiger partial charge in [-0.3, -0.25) is 9.59 Å². The molecule has 0 aromatic carbocycles. The molecule has 4 aliphatic carbocycles. The van der Waals surface area contributed by atoms with Crippen molar-refractivity contribution < 1.29 is 14.7 Å². The number of carbonyl (C=O) groups excluding carboxylic acids is 2. The number of hydrogen-bond donors (Lipinski definition) is 1. The Balaban J connectivity index is 1.75. The quantitative estimate of drug-likeness (QED) is 0.784. The van der Waals surface area contributed by atoms with Crippen LogP contribution in [0.4, 0.5) is 0 Å². The third kappa shape index (κ3) is 2.20. The summed E-state index contributed by atoms with van der Waals surface area (Å²) in [5.41, 5.74) is 1.12. The van der Waals surface area contributed by atoms with Crippen molar-refractivity contribution in [3.63, 3.8) is 0 Å². The number of aliphatic hydroxyl groups is 1. The number of rotatable bonds is 1. The zero-order valence-corrected chi connectivity index (χ0v) is 16.0. The topological polar surface area (TPSA) is 54.4 Å². The molecule has 0 aliphatic heterocycles. The first-order valence-corrected chi connectivity index (χ1v) is 10.1. The minimum absolute atomic E-state index is 0.00105. The minimum Gasteiger partial charge on any atom is -0.393 e. The van der Waals surface area contributed by atoms with E-state index in [1.54, 1.807) is 6.92 Å². The lowest BCUT2D eigenvalue weighted by Gasteiger charge is -2.60. The largest absolute Gasteiger partial charge is 0.393 e. The van der Waals surface area contributed by atoms with Crippen molar-refractivity contribution in [2.24, 2.45) is 40.4 Å². The van der Waals surface area contributed by atoms with Gasteiger partial charge in [-0.2, -0.15) is 0 Å². The number of aliphatic hydroxyl groups excluding tert-OH is 1. The Hall–Kier alpha value is -0.960. The highest BCUT2D eigenvalue weighted by Crippen LogP contribution is 2.67. The summed E-state index contributed by atoms with van der Waals surface area (Å²) in [6.07, 6.45) is 6.92. The number of allylic oxidation sites excluding steroid dienone is 1. The molecule has 4 aliphatic rings. The van der Waals surface area contributed by atoms with Crippen LogP contribution in [0.3, 0.4) is 0 Å². The summed E-state index contributed by atoms with van der Waals surface area (Å²) in [4.78, 5) is 24.3. The van der Waals surface area contributed by atoms with E-state index in [0.717, 1.165) is 32.1 Å². The van der Waals surface area contributed by atoms with Gasteiger partial charge in [0.2, 0.25) is 0 Å². The van der Waals surface area contributed by atoms with Crippen LogP contribution in [0.25, 0.3) is 0 Å². The maximum atomic E-state index is 12.3. The summed E-state index contributed by atoms with van der Waals surface area (Å²) in [6.45, 7) is 8.52. The zero-order chi connectivity index (χ0) is 18.1. The van der Waals surface area contributed by atoms with Crippen LogP contribution in [0, 0.1) is 40.4 Å². The lowest BCUT2D eigenvalue weighted by atomic mass is 9.45. The Morgan fingerprint density at radius 2 is 1.96 bits per heavy atom. The number of carbonyl (C=O) groups is 2. The third-order valence-corrected chi connectivity index (χ3v) is 8.88. The Bertz CT molecular complexity index is 650. The molecule has 25 heavy (non-hydrogen) atoms. The van der Waals surface area contributed by atoms with E-state index >= 15 is 0 Å². The van der Waals surface area contributed by atoms with Gasteiger partial charge in [-0.05, 0) is 74.2 Å². The first kappa shape index (κ1) is 17.5. The third-order valence-electron chi connectivity index (χ3n) is 8.88. The van der Waals surface area contributed by atoms with Gasteiger partial charge in [-0.25, -0.2) is 0 Å². The molecule has 0 amide bonds. The fourth-order valence-electron chi connectivity index (χ4n) is 7.67. The van der Waals surface area contributed by atoms with E-state index in [4.69, 9.17) is 0 Å². The van der Waals surface area contributed by atoms with Crippen LogP contribution in [0.1, 0.15) is 66.2 Å². The fraction of sp³-hybridized carbons (Fsp3) is 0.818. The van der Waals surface area contributed by atoms with Crippen molar-refractivity contribution in [1.29, 1.82) is 0 Å². The molecule has 1 N–H and O–H groups in total. The van der Waals surface area contributed by atoms with Gasteiger partial charge in [-0.1, -0.05) is 26.3 Å². The molecular formula is C22H32O3. The molecule has 8 atom stereocenters. The maximum absolute atomic E-state index is 12.3. The Morgan fingerprint density at radius 1 is 1.24 bits per heavy atom. The Labute approximate surface area is 151 Å². The zero-order valence-electron chi connectivity index (χ0n) is 16.0. The number of fused-ring (bicyclic) bond motifs is 5. The molecule has 0 aromatic rings. The first-order chi connectivity index (χ1) is 11.7. The second-order valence-electron chi connectivity index (χ2n) is 9.88. The second-order valence-corrected chi connectivity index (χ2v) is 9.88. The van der Waals surface area contributed by atoms with E-state index in [0.29, 0.717) is 30.1 Å². The predicted octanol–water partition coefficient (Wildman–Crippen LogP) is 3.94. The van der Waals surface area contributed by atoms with Gasteiger partial charge < -0.3 is 5.11 Å². The lowest BCUT2D eigenvalue weighted by molar-refractivity contribution is -0.152. The second kappa shape index (κ2) is 5.52. The molecule has 0 aromatic heterocycles. The van der Waals surface area contributed by atoms with Crippen LogP contribution in [0.5, 0.6) is 0 Å². The van der Waals surface area contributed by atoms with Crippen LogP contribution < -0.4 is 0 Å². The molecule has 0 spiro atoms. The normalized spacial score (nSPS) is 52.0. The van der Waals surface area contributed by atoms with E-state index in [2.05, 4.69) is 20.8 Å². The van der Waals surface area contributed by atoms with E-state index in [-0.39, 0.29) is 28.3 Å². The molecule has 3 saturated carbocycles. The first-order valence-electron chi connectivity index (χ1n) is 10.1. The van der Waals surface area contributed by atoms with Gasteiger partial charge in [0, 0.05) is 17.8 Å². The Morgan fingerprint density at radius 3 is 2.64 bits per heavy atom. The molecular weight excluding hydrogens is 312 g/mol. The van der Waals surface area contributed by atoms with Crippen molar-refractivity contribution in [3.05, 3.63) is 11.6 Å². The van der Waals surface area contributed by atoms with Crippen LogP contribution in [-0.4, -0.2) is 22.8 Å². The van der Waals surface area contributed by atoms with Gasteiger partial charge in [0.15, 0.2) is 5.78 Å². The van der Waals surface area contributed by atoms with Gasteiger partial charge in [0.25, 0.3) is 0 Å². The molecule has 138 valence electrons. The van der Waals surface area contributed by atoms with Crippen molar-refractivity contribution >= 4 is 11.6 Å². The van der Waals surface area contributed by atoms with E-state index in [1.165, 1.54) is 5.57 Å². The highest BCUT2D eigenvalue weighted by Gasteiger charge is 2.65. The SMILES string of the molecule is CC(=O)C1CC(C)C2C3CCC4=CC(=O)CCC4(C)C3CC(O)C12C. The number of Topliss-reactive ketones (excluding diaryl/α,β-unsaturated/α-hetero) is 1. The fourth-order valence-corrected chi connectivity index (χ4v) is 7.67. The van der Waals surface area contributed by atoms with Crippen molar-refractivity contribution in [2.45, 2.75) is 72.3 Å². The van der Waals surface area contributed by atoms with E-state index in [1.807, 2.05) is 6.08 Å². The van der Waals surface area contributed by atoms with Crippen LogP contribution in [-0.2, 0) is 9.59 Å². The van der Waals surface area contributed by atoms with Gasteiger partial charge in [0.1, 0.15) is 5.78 Å². The van der Waals surface area contributed by atoms with Crippen LogP contribution in [0.2, 0.25) is 0 Å². The maximum Gasteiger partial charge on any atom is 0.155 e. The van der Waals surface area contributed by atoms with E-state index in [9.17, 15) is 14.7 Å².